The average molecular weight is 302 g/mol. The zero-order valence-corrected chi connectivity index (χ0v) is 11.0. The number of sulfonamides is 1. The van der Waals surface area contributed by atoms with Crippen LogP contribution in [-0.4, -0.2) is 13.5 Å². The van der Waals surface area contributed by atoms with E-state index in [1.54, 1.807) is 0 Å². The summed E-state index contributed by atoms with van der Waals surface area (Å²) in [4.78, 5) is -0.296. The largest absolute Gasteiger partial charge is 0.507 e. The predicted molar refractivity (Wildman–Crippen MR) is 70.3 cm³/mol. The topological polar surface area (TPSA) is 66.4 Å². The average Bonchev–Trinajstić information content (AvgIpc) is 2.26. The molecule has 0 saturated carbocycles. The standard InChI is InChI=1S/C12H9ClFNO3S/c13-8-5-9(14)7-10(6-8)15-19(17,18)12-4-2-1-3-11(12)16/h1-7,15-16H. The van der Waals surface area contributed by atoms with Crippen LogP contribution in [0.5, 0.6) is 5.75 Å². The quantitative estimate of drug-likeness (QED) is 0.916. The van der Waals surface area contributed by atoms with Crippen LogP contribution in [0.3, 0.4) is 0 Å². The van der Waals surface area contributed by atoms with E-state index in [1.165, 1.54) is 30.3 Å². The highest BCUT2D eigenvalue weighted by Crippen LogP contribution is 2.25. The fraction of sp³-hybridized carbons (Fsp3) is 0. The molecule has 2 rings (SSSR count). The molecule has 2 N–H and O–H groups in total. The summed E-state index contributed by atoms with van der Waals surface area (Å²) in [5, 5.41) is 9.58. The van der Waals surface area contributed by atoms with Gasteiger partial charge in [0.1, 0.15) is 16.5 Å². The Bertz CT molecular complexity index is 698. The van der Waals surface area contributed by atoms with E-state index in [0.717, 1.165) is 12.1 Å². The van der Waals surface area contributed by atoms with Crippen molar-refractivity contribution in [3.05, 3.63) is 53.3 Å². The van der Waals surface area contributed by atoms with E-state index in [0.29, 0.717) is 0 Å². The van der Waals surface area contributed by atoms with Gasteiger partial charge in [-0.2, -0.15) is 0 Å². The molecule has 0 aromatic heterocycles. The van der Waals surface area contributed by atoms with Crippen LogP contribution in [0.25, 0.3) is 0 Å². The number of para-hydroxylation sites is 1. The minimum absolute atomic E-state index is 0.0201. The Morgan fingerprint density at radius 1 is 1.16 bits per heavy atom. The highest BCUT2D eigenvalue weighted by Gasteiger charge is 2.18. The first-order chi connectivity index (χ1) is 8.88. The maximum atomic E-state index is 13.1. The Morgan fingerprint density at radius 3 is 2.47 bits per heavy atom. The van der Waals surface area contributed by atoms with E-state index in [9.17, 15) is 17.9 Å². The van der Waals surface area contributed by atoms with Gasteiger partial charge in [0.25, 0.3) is 10.0 Å². The van der Waals surface area contributed by atoms with Crippen LogP contribution in [0.2, 0.25) is 5.02 Å². The lowest BCUT2D eigenvalue weighted by atomic mass is 10.3. The number of hydrogen-bond donors (Lipinski definition) is 2. The van der Waals surface area contributed by atoms with Crippen molar-refractivity contribution < 1.29 is 17.9 Å². The first-order valence-corrected chi connectivity index (χ1v) is 7.01. The highest BCUT2D eigenvalue weighted by atomic mass is 35.5. The molecule has 0 unspecified atom stereocenters. The van der Waals surface area contributed by atoms with Crippen LogP contribution in [0.15, 0.2) is 47.4 Å². The van der Waals surface area contributed by atoms with E-state index < -0.39 is 21.6 Å². The Kier molecular flexibility index (Phi) is 3.64. The molecule has 0 fully saturated rings. The minimum Gasteiger partial charge on any atom is -0.507 e. The summed E-state index contributed by atoms with van der Waals surface area (Å²) in [5.41, 5.74) is -0.0201. The number of aromatic hydroxyl groups is 1. The predicted octanol–water partition coefficient (Wildman–Crippen LogP) is 2.99. The van der Waals surface area contributed by atoms with Gasteiger partial charge in [-0.05, 0) is 30.3 Å². The summed E-state index contributed by atoms with van der Waals surface area (Å²) >= 11 is 5.63. The smallest absolute Gasteiger partial charge is 0.265 e. The second-order valence-corrected chi connectivity index (χ2v) is 5.82. The van der Waals surface area contributed by atoms with Crippen LogP contribution in [-0.2, 0) is 10.0 Å². The number of benzene rings is 2. The number of phenolic OH excluding ortho intramolecular Hbond substituents is 1. The van der Waals surface area contributed by atoms with Gasteiger partial charge in [-0.1, -0.05) is 23.7 Å². The van der Waals surface area contributed by atoms with E-state index >= 15 is 0 Å². The summed E-state index contributed by atoms with van der Waals surface area (Å²) in [6.45, 7) is 0. The van der Waals surface area contributed by atoms with Gasteiger partial charge < -0.3 is 5.11 Å². The summed E-state index contributed by atoms with van der Waals surface area (Å²) in [7, 11) is -4.00. The molecule has 0 saturated heterocycles. The first-order valence-electron chi connectivity index (χ1n) is 5.15. The van der Waals surface area contributed by atoms with Crippen molar-refractivity contribution >= 4 is 27.3 Å². The lowest BCUT2D eigenvalue weighted by molar-refractivity contribution is 0.459. The number of nitrogens with one attached hydrogen (secondary N) is 1. The van der Waals surface area contributed by atoms with Crippen LogP contribution in [0.4, 0.5) is 10.1 Å². The fourth-order valence-corrected chi connectivity index (χ4v) is 2.87. The molecule has 0 heterocycles. The van der Waals surface area contributed by atoms with Crippen LogP contribution in [0, 0.1) is 5.82 Å². The third-order valence-corrected chi connectivity index (χ3v) is 3.92. The first kappa shape index (κ1) is 13.6. The summed E-state index contributed by atoms with van der Waals surface area (Å²) in [6.07, 6.45) is 0. The van der Waals surface area contributed by atoms with Gasteiger partial charge in [-0.25, -0.2) is 12.8 Å². The van der Waals surface area contributed by atoms with Crippen molar-refractivity contribution in [1.82, 2.24) is 0 Å². The van der Waals surface area contributed by atoms with Crippen LogP contribution < -0.4 is 4.72 Å². The molecule has 0 aliphatic carbocycles. The molecule has 4 nitrogen and oxygen atoms in total. The second-order valence-electron chi connectivity index (χ2n) is 3.73. The Morgan fingerprint density at radius 2 is 1.84 bits per heavy atom. The lowest BCUT2D eigenvalue weighted by Crippen LogP contribution is -2.13. The fourth-order valence-electron chi connectivity index (χ4n) is 1.51. The van der Waals surface area contributed by atoms with Crippen molar-refractivity contribution in [2.45, 2.75) is 4.90 Å². The number of halogens is 2. The molecule has 2 aromatic rings. The SMILES string of the molecule is O=S(=O)(Nc1cc(F)cc(Cl)c1)c1ccccc1O. The molecular formula is C12H9ClFNO3S. The summed E-state index contributed by atoms with van der Waals surface area (Å²) < 4.78 is 39.3. The van der Waals surface area contributed by atoms with E-state index in [-0.39, 0.29) is 15.6 Å². The normalized spacial score (nSPS) is 11.3. The van der Waals surface area contributed by atoms with Gasteiger partial charge in [-0.15, -0.1) is 0 Å². The summed E-state index contributed by atoms with van der Waals surface area (Å²) in [5.74, 6) is -1.06. The van der Waals surface area contributed by atoms with Crippen molar-refractivity contribution in [2.75, 3.05) is 4.72 Å². The third-order valence-electron chi connectivity index (χ3n) is 2.27. The second kappa shape index (κ2) is 5.07. The molecule has 100 valence electrons. The van der Waals surface area contributed by atoms with Gasteiger partial charge >= 0.3 is 0 Å². The van der Waals surface area contributed by atoms with Gasteiger partial charge in [0.15, 0.2) is 0 Å². The van der Waals surface area contributed by atoms with Crippen molar-refractivity contribution in [3.8, 4) is 5.75 Å². The maximum absolute atomic E-state index is 13.1. The molecule has 0 atom stereocenters. The Balaban J connectivity index is 2.39. The van der Waals surface area contributed by atoms with Gasteiger partial charge in [0, 0.05) is 5.02 Å². The van der Waals surface area contributed by atoms with E-state index in [2.05, 4.69) is 4.72 Å². The van der Waals surface area contributed by atoms with E-state index in [1.807, 2.05) is 0 Å². The molecule has 0 aliphatic rings. The van der Waals surface area contributed by atoms with Crippen molar-refractivity contribution in [3.63, 3.8) is 0 Å². The number of rotatable bonds is 3. The molecule has 0 amide bonds. The summed E-state index contributed by atoms with van der Waals surface area (Å²) in [6, 6.07) is 8.75. The number of hydrogen-bond acceptors (Lipinski definition) is 3. The van der Waals surface area contributed by atoms with Crippen LogP contribution >= 0.6 is 11.6 Å². The van der Waals surface area contributed by atoms with Crippen molar-refractivity contribution in [2.24, 2.45) is 0 Å². The van der Waals surface area contributed by atoms with Crippen molar-refractivity contribution in [1.29, 1.82) is 0 Å². The zero-order valence-electron chi connectivity index (χ0n) is 9.47. The third kappa shape index (κ3) is 3.15. The molecule has 2 aromatic carbocycles. The molecule has 19 heavy (non-hydrogen) atoms. The molecular weight excluding hydrogens is 293 g/mol. The molecule has 0 spiro atoms. The van der Waals surface area contributed by atoms with Gasteiger partial charge in [-0.3, -0.25) is 4.72 Å². The van der Waals surface area contributed by atoms with E-state index in [4.69, 9.17) is 11.6 Å². The zero-order chi connectivity index (χ0) is 14.0. The number of anilines is 1. The molecule has 7 heteroatoms. The molecule has 0 radical (unpaired) electrons. The Hall–Kier alpha value is -1.79. The minimum atomic E-state index is -4.00. The van der Waals surface area contributed by atoms with Crippen LogP contribution in [0.1, 0.15) is 0 Å². The van der Waals surface area contributed by atoms with Gasteiger partial charge in [0.2, 0.25) is 0 Å². The highest BCUT2D eigenvalue weighted by molar-refractivity contribution is 7.92. The monoisotopic (exact) mass is 301 g/mol. The molecule has 0 aliphatic heterocycles. The molecule has 0 bridgehead atoms. The number of phenols is 1. The Labute approximate surface area is 114 Å². The lowest BCUT2D eigenvalue weighted by Gasteiger charge is -2.09. The maximum Gasteiger partial charge on any atom is 0.265 e. The van der Waals surface area contributed by atoms with Gasteiger partial charge in [0.05, 0.1) is 5.69 Å².